The molecular formula is C16H17ClFN. The summed E-state index contributed by atoms with van der Waals surface area (Å²) in [4.78, 5) is 0. The van der Waals surface area contributed by atoms with Crippen LogP contribution < -0.4 is 5.32 Å². The van der Waals surface area contributed by atoms with Crippen molar-refractivity contribution in [3.8, 4) is 0 Å². The molecule has 0 saturated heterocycles. The molecular weight excluding hydrogens is 261 g/mol. The lowest BCUT2D eigenvalue weighted by Gasteiger charge is -2.19. The normalized spacial score (nSPS) is 12.4. The van der Waals surface area contributed by atoms with Crippen LogP contribution in [0.5, 0.6) is 0 Å². The van der Waals surface area contributed by atoms with Crippen LogP contribution in [0.1, 0.15) is 29.7 Å². The molecule has 0 aromatic heterocycles. The number of rotatable bonds is 4. The standard InChI is InChI=1S/C16H17ClFN/c1-3-11-5-4-6-12(9-11)16(19-2)14-10-13(17)7-8-15(14)18/h4-10,16,19H,3H2,1-2H3. The molecule has 2 aromatic carbocycles. The molecule has 100 valence electrons. The summed E-state index contributed by atoms with van der Waals surface area (Å²) in [6.07, 6.45) is 0.961. The fourth-order valence-corrected chi connectivity index (χ4v) is 2.41. The van der Waals surface area contributed by atoms with Gasteiger partial charge < -0.3 is 5.32 Å². The van der Waals surface area contributed by atoms with Crippen LogP contribution in [0.25, 0.3) is 0 Å². The molecule has 0 aliphatic carbocycles. The molecule has 0 bridgehead atoms. The van der Waals surface area contributed by atoms with Crippen molar-refractivity contribution in [1.82, 2.24) is 5.32 Å². The van der Waals surface area contributed by atoms with Crippen LogP contribution in [0.15, 0.2) is 42.5 Å². The van der Waals surface area contributed by atoms with Crippen molar-refractivity contribution in [2.75, 3.05) is 7.05 Å². The number of hydrogen-bond donors (Lipinski definition) is 1. The van der Waals surface area contributed by atoms with Crippen molar-refractivity contribution in [1.29, 1.82) is 0 Å². The third-order valence-corrected chi connectivity index (χ3v) is 3.49. The lowest BCUT2D eigenvalue weighted by atomic mass is 9.96. The summed E-state index contributed by atoms with van der Waals surface area (Å²) in [6, 6.07) is 12.6. The van der Waals surface area contributed by atoms with Gasteiger partial charge in [0.1, 0.15) is 5.82 Å². The Kier molecular flexibility index (Phi) is 4.56. The largest absolute Gasteiger partial charge is 0.309 e. The maximum atomic E-state index is 14.0. The van der Waals surface area contributed by atoms with Crippen molar-refractivity contribution >= 4 is 11.6 Å². The smallest absolute Gasteiger partial charge is 0.128 e. The Bertz CT molecular complexity index is 568. The van der Waals surface area contributed by atoms with Gasteiger partial charge in [-0.25, -0.2) is 4.39 Å². The Morgan fingerprint density at radius 1 is 1.21 bits per heavy atom. The summed E-state index contributed by atoms with van der Waals surface area (Å²) in [5.74, 6) is -0.245. The molecule has 2 rings (SSSR count). The molecule has 0 radical (unpaired) electrons. The molecule has 1 N–H and O–H groups in total. The van der Waals surface area contributed by atoms with Crippen molar-refractivity contribution in [2.24, 2.45) is 0 Å². The van der Waals surface area contributed by atoms with Gasteiger partial charge >= 0.3 is 0 Å². The predicted octanol–water partition coefficient (Wildman–Crippen LogP) is 4.35. The van der Waals surface area contributed by atoms with Crippen LogP contribution in [0.3, 0.4) is 0 Å². The van der Waals surface area contributed by atoms with Gasteiger partial charge in [0.2, 0.25) is 0 Å². The minimum atomic E-state index is -0.245. The summed E-state index contributed by atoms with van der Waals surface area (Å²) in [5.41, 5.74) is 2.85. The first-order valence-corrected chi connectivity index (χ1v) is 6.74. The van der Waals surface area contributed by atoms with E-state index in [-0.39, 0.29) is 11.9 Å². The summed E-state index contributed by atoms with van der Waals surface area (Å²) in [7, 11) is 1.82. The number of halogens is 2. The van der Waals surface area contributed by atoms with Crippen molar-refractivity contribution in [3.05, 3.63) is 70.0 Å². The lowest BCUT2D eigenvalue weighted by Crippen LogP contribution is -2.19. The fraction of sp³-hybridized carbons (Fsp3) is 0.250. The molecule has 0 aliphatic rings. The first kappa shape index (κ1) is 14.0. The zero-order chi connectivity index (χ0) is 13.8. The Hall–Kier alpha value is -1.38. The predicted molar refractivity (Wildman–Crippen MR) is 78.1 cm³/mol. The van der Waals surface area contributed by atoms with E-state index < -0.39 is 0 Å². The van der Waals surface area contributed by atoms with Crippen LogP contribution in [0.2, 0.25) is 5.02 Å². The summed E-state index contributed by atoms with van der Waals surface area (Å²) >= 11 is 5.97. The molecule has 1 atom stereocenters. The van der Waals surface area contributed by atoms with Crippen LogP contribution in [0, 0.1) is 5.82 Å². The molecule has 0 spiro atoms. The first-order valence-electron chi connectivity index (χ1n) is 6.36. The highest BCUT2D eigenvalue weighted by Crippen LogP contribution is 2.27. The molecule has 0 amide bonds. The number of benzene rings is 2. The molecule has 1 nitrogen and oxygen atoms in total. The van der Waals surface area contributed by atoms with E-state index in [2.05, 4.69) is 24.4 Å². The van der Waals surface area contributed by atoms with E-state index in [1.807, 2.05) is 19.2 Å². The van der Waals surface area contributed by atoms with Gasteiger partial charge in [-0.15, -0.1) is 0 Å². The van der Waals surface area contributed by atoms with Gasteiger partial charge in [-0.2, -0.15) is 0 Å². The molecule has 2 aromatic rings. The average Bonchev–Trinajstić information content (AvgIpc) is 2.44. The van der Waals surface area contributed by atoms with Gasteiger partial charge in [-0.1, -0.05) is 42.8 Å². The molecule has 0 heterocycles. The molecule has 0 saturated carbocycles. The van der Waals surface area contributed by atoms with E-state index in [0.717, 1.165) is 12.0 Å². The van der Waals surface area contributed by atoms with Crippen LogP contribution in [0.4, 0.5) is 4.39 Å². The molecule has 0 fully saturated rings. The first-order chi connectivity index (χ1) is 9.15. The quantitative estimate of drug-likeness (QED) is 0.876. The van der Waals surface area contributed by atoms with Gasteiger partial charge in [0.25, 0.3) is 0 Å². The van der Waals surface area contributed by atoms with Gasteiger partial charge in [-0.05, 0) is 42.8 Å². The van der Waals surface area contributed by atoms with E-state index in [4.69, 9.17) is 11.6 Å². The highest BCUT2D eigenvalue weighted by Gasteiger charge is 2.16. The minimum Gasteiger partial charge on any atom is -0.309 e. The molecule has 19 heavy (non-hydrogen) atoms. The summed E-state index contributed by atoms with van der Waals surface area (Å²) in [6.45, 7) is 2.10. The average molecular weight is 278 g/mol. The van der Waals surface area contributed by atoms with Gasteiger partial charge in [0, 0.05) is 10.6 Å². The van der Waals surface area contributed by atoms with Gasteiger partial charge in [0.15, 0.2) is 0 Å². The Balaban J connectivity index is 2.46. The highest BCUT2D eigenvalue weighted by atomic mass is 35.5. The SMILES string of the molecule is CCc1cccc(C(NC)c2cc(Cl)ccc2F)c1. The zero-order valence-electron chi connectivity index (χ0n) is 11.1. The maximum Gasteiger partial charge on any atom is 0.128 e. The third kappa shape index (κ3) is 3.14. The van der Waals surface area contributed by atoms with Gasteiger partial charge in [0.05, 0.1) is 6.04 Å². The van der Waals surface area contributed by atoms with Crippen LogP contribution in [-0.2, 0) is 6.42 Å². The second kappa shape index (κ2) is 6.18. The third-order valence-electron chi connectivity index (χ3n) is 3.25. The van der Waals surface area contributed by atoms with Crippen molar-refractivity contribution < 1.29 is 4.39 Å². The van der Waals surface area contributed by atoms with E-state index >= 15 is 0 Å². The Morgan fingerprint density at radius 3 is 2.68 bits per heavy atom. The summed E-state index contributed by atoms with van der Waals surface area (Å²) < 4.78 is 14.0. The second-order valence-electron chi connectivity index (χ2n) is 4.49. The lowest BCUT2D eigenvalue weighted by molar-refractivity contribution is 0.576. The van der Waals surface area contributed by atoms with E-state index in [9.17, 15) is 4.39 Å². The van der Waals surface area contributed by atoms with Gasteiger partial charge in [-0.3, -0.25) is 0 Å². The zero-order valence-corrected chi connectivity index (χ0v) is 11.8. The summed E-state index contributed by atoms with van der Waals surface area (Å²) in [5, 5.41) is 3.70. The van der Waals surface area contributed by atoms with E-state index in [1.165, 1.54) is 11.6 Å². The van der Waals surface area contributed by atoms with Crippen molar-refractivity contribution in [3.63, 3.8) is 0 Å². The Morgan fingerprint density at radius 2 is 2.00 bits per heavy atom. The molecule has 0 aliphatic heterocycles. The van der Waals surface area contributed by atoms with Crippen molar-refractivity contribution in [2.45, 2.75) is 19.4 Å². The van der Waals surface area contributed by atoms with E-state index in [1.54, 1.807) is 12.1 Å². The fourth-order valence-electron chi connectivity index (χ4n) is 2.23. The number of aryl methyl sites for hydroxylation is 1. The maximum absolute atomic E-state index is 14.0. The number of hydrogen-bond acceptors (Lipinski definition) is 1. The molecule has 1 unspecified atom stereocenters. The van der Waals surface area contributed by atoms with Crippen LogP contribution >= 0.6 is 11.6 Å². The van der Waals surface area contributed by atoms with E-state index in [0.29, 0.717) is 10.6 Å². The highest BCUT2D eigenvalue weighted by molar-refractivity contribution is 6.30. The minimum absolute atomic E-state index is 0.190. The Labute approximate surface area is 118 Å². The number of nitrogens with one attached hydrogen (secondary N) is 1. The van der Waals surface area contributed by atoms with Crippen LogP contribution in [-0.4, -0.2) is 7.05 Å². The topological polar surface area (TPSA) is 12.0 Å². The molecule has 3 heteroatoms. The monoisotopic (exact) mass is 277 g/mol. The second-order valence-corrected chi connectivity index (χ2v) is 4.92.